The first-order valence-corrected chi connectivity index (χ1v) is 12.7. The van der Waals surface area contributed by atoms with Crippen LogP contribution in [0.5, 0.6) is 5.75 Å². The number of carbonyl (C=O) groups is 1. The van der Waals surface area contributed by atoms with Crippen molar-refractivity contribution in [3.63, 3.8) is 0 Å². The summed E-state index contributed by atoms with van der Waals surface area (Å²) < 4.78 is 20.6. The maximum atomic E-state index is 14.4. The molecule has 0 fully saturated rings. The fourth-order valence-corrected chi connectivity index (χ4v) is 4.53. The third-order valence-electron chi connectivity index (χ3n) is 6.56. The molecule has 0 atom stereocenters. The van der Waals surface area contributed by atoms with E-state index >= 15 is 0 Å². The van der Waals surface area contributed by atoms with E-state index in [1.807, 2.05) is 19.9 Å². The predicted molar refractivity (Wildman–Crippen MR) is 145 cm³/mol. The monoisotopic (exact) mass is 501 g/mol. The zero-order valence-corrected chi connectivity index (χ0v) is 21.9. The first kappa shape index (κ1) is 26.3. The molecule has 0 radical (unpaired) electrons. The number of nitrogens with zero attached hydrogens (tertiary/aromatic N) is 1. The molecule has 0 aliphatic carbocycles. The first-order valence-electron chi connectivity index (χ1n) is 12.7. The van der Waals surface area contributed by atoms with Gasteiger partial charge in [0.25, 0.3) is 0 Å². The number of benzene rings is 3. The van der Waals surface area contributed by atoms with Crippen molar-refractivity contribution in [3.8, 4) is 5.75 Å². The number of nitrogens with one attached hydrogen (secondary N) is 1. The Morgan fingerprint density at radius 2 is 1.84 bits per heavy atom. The molecule has 0 spiro atoms. The minimum atomic E-state index is -1.19. The number of carbonyl (C=O) groups excluding carboxylic acids is 1. The third kappa shape index (κ3) is 6.50. The van der Waals surface area contributed by atoms with Gasteiger partial charge in [0.05, 0.1) is 11.6 Å². The smallest absolute Gasteiger partial charge is 0.128 e. The van der Waals surface area contributed by atoms with E-state index in [9.17, 15) is 14.3 Å². The molecule has 37 heavy (non-hydrogen) atoms. The number of carboxylic acids is 1. The number of fused-ring (bicyclic) bond motifs is 1. The molecule has 0 saturated carbocycles. The highest BCUT2D eigenvalue weighted by Gasteiger charge is 2.29. The number of aliphatic carboxylic acids is 1. The van der Waals surface area contributed by atoms with Gasteiger partial charge in [-0.3, -0.25) is 0 Å². The van der Waals surface area contributed by atoms with Crippen LogP contribution >= 0.6 is 0 Å². The number of ether oxygens (including phenoxy) is 1. The molecule has 3 aromatic carbocycles. The van der Waals surface area contributed by atoms with Crippen molar-refractivity contribution in [3.05, 3.63) is 94.8 Å². The van der Waals surface area contributed by atoms with Crippen molar-refractivity contribution in [1.82, 2.24) is 0 Å². The van der Waals surface area contributed by atoms with E-state index in [0.717, 1.165) is 16.9 Å². The van der Waals surface area contributed by atoms with Crippen molar-refractivity contribution >= 4 is 23.4 Å². The third-order valence-corrected chi connectivity index (χ3v) is 6.56. The Balaban J connectivity index is 1.52. The van der Waals surface area contributed by atoms with Gasteiger partial charge < -0.3 is 24.9 Å². The number of hydrogen-bond donors (Lipinski definition) is 1. The molecule has 194 valence electrons. The Labute approximate surface area is 218 Å². The van der Waals surface area contributed by atoms with Gasteiger partial charge in [0.2, 0.25) is 0 Å². The number of para-hydroxylation sites is 1. The quantitative estimate of drug-likeness (QED) is 0.385. The van der Waals surface area contributed by atoms with Gasteiger partial charge >= 0.3 is 0 Å². The highest BCUT2D eigenvalue weighted by atomic mass is 19.1. The summed E-state index contributed by atoms with van der Waals surface area (Å²) in [4.78, 5) is 13.1. The van der Waals surface area contributed by atoms with Crippen molar-refractivity contribution in [2.24, 2.45) is 0 Å². The van der Waals surface area contributed by atoms with E-state index in [2.05, 4.69) is 72.6 Å². The SMILES string of the molecule is CC(C)Oc1cc(CNc2ccc(CCC(=O)[O-])c(F)c2)ccc1CN1c2ccccc2C=CC1(C)C. The molecule has 0 saturated heterocycles. The van der Waals surface area contributed by atoms with Gasteiger partial charge in [-0.2, -0.15) is 0 Å². The molecule has 0 amide bonds. The zero-order chi connectivity index (χ0) is 26.6. The van der Waals surface area contributed by atoms with Gasteiger partial charge in [0, 0.05) is 36.0 Å². The lowest BCUT2D eigenvalue weighted by atomic mass is 9.92. The van der Waals surface area contributed by atoms with Crippen LogP contribution in [0.4, 0.5) is 15.8 Å². The normalized spacial score (nSPS) is 13.9. The van der Waals surface area contributed by atoms with Crippen LogP contribution in [0.25, 0.3) is 6.08 Å². The topological polar surface area (TPSA) is 64.6 Å². The predicted octanol–water partition coefficient (Wildman–Crippen LogP) is 5.72. The molecule has 0 aromatic heterocycles. The molecule has 1 heterocycles. The van der Waals surface area contributed by atoms with Gasteiger partial charge in [0.15, 0.2) is 0 Å². The van der Waals surface area contributed by atoms with Crippen LogP contribution in [0, 0.1) is 5.82 Å². The fraction of sp³-hybridized carbons (Fsp3) is 0.323. The van der Waals surface area contributed by atoms with Crippen LogP contribution in [-0.2, 0) is 24.3 Å². The molecule has 6 heteroatoms. The summed E-state index contributed by atoms with van der Waals surface area (Å²) in [7, 11) is 0. The summed E-state index contributed by atoms with van der Waals surface area (Å²) in [6, 6.07) is 19.4. The van der Waals surface area contributed by atoms with Crippen molar-refractivity contribution < 1.29 is 19.0 Å². The van der Waals surface area contributed by atoms with E-state index < -0.39 is 11.8 Å². The number of rotatable bonds is 10. The maximum Gasteiger partial charge on any atom is 0.128 e. The van der Waals surface area contributed by atoms with Crippen LogP contribution in [0.15, 0.2) is 66.7 Å². The lowest BCUT2D eigenvalue weighted by Crippen LogP contribution is -2.44. The van der Waals surface area contributed by atoms with Gasteiger partial charge in [-0.05, 0) is 81.5 Å². The molecule has 1 N–H and O–H groups in total. The second kappa shape index (κ2) is 11.1. The summed E-state index contributed by atoms with van der Waals surface area (Å²) in [6.45, 7) is 9.65. The maximum absolute atomic E-state index is 14.4. The number of anilines is 2. The van der Waals surface area contributed by atoms with Crippen LogP contribution in [0.3, 0.4) is 0 Å². The van der Waals surface area contributed by atoms with E-state index in [1.165, 1.54) is 17.3 Å². The molecular formula is C31H34FN2O3-. The first-order chi connectivity index (χ1) is 17.6. The molecule has 4 rings (SSSR count). The van der Waals surface area contributed by atoms with E-state index in [-0.39, 0.29) is 24.5 Å². The summed E-state index contributed by atoms with van der Waals surface area (Å²) in [6.07, 6.45) is 4.35. The molecule has 0 unspecified atom stereocenters. The highest BCUT2D eigenvalue weighted by molar-refractivity contribution is 5.73. The molecule has 0 bridgehead atoms. The molecular weight excluding hydrogens is 467 g/mol. The zero-order valence-electron chi connectivity index (χ0n) is 21.9. The largest absolute Gasteiger partial charge is 0.550 e. The van der Waals surface area contributed by atoms with Gasteiger partial charge in [-0.15, -0.1) is 0 Å². The fourth-order valence-electron chi connectivity index (χ4n) is 4.53. The minimum Gasteiger partial charge on any atom is -0.550 e. The Hall–Kier alpha value is -3.80. The summed E-state index contributed by atoms with van der Waals surface area (Å²) >= 11 is 0. The second-order valence-electron chi connectivity index (χ2n) is 10.3. The summed E-state index contributed by atoms with van der Waals surface area (Å²) in [5.41, 5.74) is 5.35. The Bertz CT molecular complexity index is 1300. The standard InChI is InChI=1S/C31H35FN2O3/c1-21(2)37-29-17-22(19-33-26-13-11-23(27(32)18-26)12-14-30(35)36)9-10-25(29)20-34-28-8-6-5-7-24(28)15-16-31(34,3)4/h5-11,13,15-18,21,33H,12,14,19-20H2,1-4H3,(H,35,36)/p-1. The minimum absolute atomic E-state index is 0.0196. The number of carboxylic acid groups (broad SMARTS) is 1. The van der Waals surface area contributed by atoms with Crippen LogP contribution in [0.2, 0.25) is 0 Å². The highest BCUT2D eigenvalue weighted by Crippen LogP contribution is 2.37. The van der Waals surface area contributed by atoms with Crippen LogP contribution < -0.4 is 20.1 Å². The molecule has 5 nitrogen and oxygen atoms in total. The summed E-state index contributed by atoms with van der Waals surface area (Å²) in [5, 5.41) is 13.9. The van der Waals surface area contributed by atoms with Gasteiger partial charge in [-0.1, -0.05) is 48.6 Å². The summed E-state index contributed by atoms with van der Waals surface area (Å²) in [5.74, 6) is -0.779. The van der Waals surface area contributed by atoms with Crippen molar-refractivity contribution in [2.45, 2.75) is 65.3 Å². The lowest BCUT2D eigenvalue weighted by Gasteiger charge is -2.42. The Morgan fingerprint density at radius 3 is 2.57 bits per heavy atom. The average Bonchev–Trinajstić information content (AvgIpc) is 2.84. The molecule has 3 aromatic rings. The van der Waals surface area contributed by atoms with Crippen LogP contribution in [0.1, 0.15) is 56.4 Å². The Kier molecular flexibility index (Phi) is 7.86. The number of hydrogen-bond acceptors (Lipinski definition) is 5. The van der Waals surface area contributed by atoms with Gasteiger partial charge in [-0.25, -0.2) is 4.39 Å². The van der Waals surface area contributed by atoms with Crippen molar-refractivity contribution in [2.75, 3.05) is 10.2 Å². The van der Waals surface area contributed by atoms with Crippen molar-refractivity contribution in [1.29, 1.82) is 0 Å². The Morgan fingerprint density at radius 1 is 1.08 bits per heavy atom. The average molecular weight is 502 g/mol. The number of aryl methyl sites for hydroxylation is 1. The lowest BCUT2D eigenvalue weighted by molar-refractivity contribution is -0.305. The number of halogens is 1. The molecule has 1 aliphatic heterocycles. The molecule has 1 aliphatic rings. The second-order valence-corrected chi connectivity index (χ2v) is 10.3. The van der Waals surface area contributed by atoms with E-state index in [4.69, 9.17) is 4.74 Å². The van der Waals surface area contributed by atoms with Crippen LogP contribution in [-0.4, -0.2) is 17.6 Å². The van der Waals surface area contributed by atoms with E-state index in [0.29, 0.717) is 24.3 Å². The van der Waals surface area contributed by atoms with Gasteiger partial charge in [0.1, 0.15) is 11.6 Å². The van der Waals surface area contributed by atoms with E-state index in [1.54, 1.807) is 12.1 Å².